The lowest BCUT2D eigenvalue weighted by Gasteiger charge is -2.37. The smallest absolute Gasteiger partial charge is 0.267 e. The molecular weight excluding hydrogens is 546 g/mol. The molecule has 2 saturated heterocycles. The number of thioether (sulfide) groups is 1. The van der Waals surface area contributed by atoms with E-state index in [1.165, 1.54) is 16.7 Å². The fourth-order valence-corrected chi connectivity index (χ4v) is 6.15. The number of fused-ring (bicyclic) bond motifs is 1. The van der Waals surface area contributed by atoms with Crippen LogP contribution in [0.15, 0.2) is 75.1 Å². The summed E-state index contributed by atoms with van der Waals surface area (Å²) in [4.78, 5) is 38.4. The number of carbonyl (C=O) groups excluding carboxylic acids is 1. The molecule has 11 heteroatoms. The molecule has 0 aliphatic carbocycles. The van der Waals surface area contributed by atoms with Crippen molar-refractivity contribution in [1.29, 1.82) is 0 Å². The quantitative estimate of drug-likeness (QED) is 0.247. The average molecular weight is 574 g/mol. The first kappa shape index (κ1) is 26.1. The summed E-state index contributed by atoms with van der Waals surface area (Å²) >= 11 is 6.69. The van der Waals surface area contributed by atoms with Crippen molar-refractivity contribution in [2.75, 3.05) is 43.1 Å². The van der Waals surface area contributed by atoms with Crippen LogP contribution in [0.5, 0.6) is 5.75 Å². The number of amides is 1. The molecule has 9 nitrogen and oxygen atoms in total. The SMILES string of the molecule is COc1ccc(N2CCN(c3nc4ccc(C)cn4c(=O)c3/C=C3\SC(=S)N(Cc4ccco4)C3=O)CC2)cc1. The number of nitrogens with zero attached hydrogens (tertiary/aromatic N) is 5. The summed E-state index contributed by atoms with van der Waals surface area (Å²) in [6.07, 6.45) is 4.99. The first-order valence-electron chi connectivity index (χ1n) is 12.9. The highest BCUT2D eigenvalue weighted by Gasteiger charge is 2.34. The Labute approximate surface area is 240 Å². The van der Waals surface area contributed by atoms with Crippen LogP contribution in [0.1, 0.15) is 16.9 Å². The van der Waals surface area contributed by atoms with Gasteiger partial charge in [0, 0.05) is 38.1 Å². The third kappa shape index (κ3) is 4.98. The van der Waals surface area contributed by atoms with Crippen molar-refractivity contribution in [1.82, 2.24) is 14.3 Å². The zero-order valence-electron chi connectivity index (χ0n) is 22.1. The number of pyridine rings is 1. The van der Waals surface area contributed by atoms with Crippen molar-refractivity contribution in [2.24, 2.45) is 0 Å². The van der Waals surface area contributed by atoms with Crippen molar-refractivity contribution >= 4 is 57.4 Å². The van der Waals surface area contributed by atoms with Gasteiger partial charge < -0.3 is 19.0 Å². The van der Waals surface area contributed by atoms with Gasteiger partial charge in [0.05, 0.1) is 30.4 Å². The van der Waals surface area contributed by atoms with E-state index in [0.29, 0.717) is 45.1 Å². The number of methoxy groups -OCH3 is 1. The molecule has 0 radical (unpaired) electrons. The molecule has 40 heavy (non-hydrogen) atoms. The number of rotatable bonds is 6. The summed E-state index contributed by atoms with van der Waals surface area (Å²) in [6, 6.07) is 15.4. The van der Waals surface area contributed by atoms with E-state index < -0.39 is 0 Å². The van der Waals surface area contributed by atoms with Gasteiger partial charge in [-0.2, -0.15) is 0 Å². The maximum Gasteiger partial charge on any atom is 0.267 e. The van der Waals surface area contributed by atoms with Gasteiger partial charge in [-0.3, -0.25) is 18.9 Å². The molecule has 0 atom stereocenters. The lowest BCUT2D eigenvalue weighted by molar-refractivity contribution is -0.122. The third-order valence-electron chi connectivity index (χ3n) is 7.05. The molecule has 0 saturated carbocycles. The van der Waals surface area contributed by atoms with Crippen LogP contribution in [0.3, 0.4) is 0 Å². The summed E-state index contributed by atoms with van der Waals surface area (Å²) < 4.78 is 12.7. The Morgan fingerprint density at radius 3 is 2.50 bits per heavy atom. The highest BCUT2D eigenvalue weighted by atomic mass is 32.2. The summed E-state index contributed by atoms with van der Waals surface area (Å²) in [5.41, 5.74) is 2.76. The van der Waals surface area contributed by atoms with Gasteiger partial charge in [0.15, 0.2) is 0 Å². The van der Waals surface area contributed by atoms with Gasteiger partial charge in [-0.05, 0) is 61.0 Å². The molecule has 0 bridgehead atoms. The largest absolute Gasteiger partial charge is 0.497 e. The number of aryl methyl sites for hydroxylation is 1. The molecule has 2 aliphatic rings. The van der Waals surface area contributed by atoms with E-state index >= 15 is 0 Å². The van der Waals surface area contributed by atoms with Crippen LogP contribution in [-0.2, 0) is 11.3 Å². The lowest BCUT2D eigenvalue weighted by Crippen LogP contribution is -2.47. The van der Waals surface area contributed by atoms with E-state index in [0.717, 1.165) is 30.1 Å². The maximum atomic E-state index is 13.9. The third-order valence-corrected chi connectivity index (χ3v) is 8.42. The van der Waals surface area contributed by atoms with Gasteiger partial charge in [-0.15, -0.1) is 0 Å². The molecule has 1 amide bonds. The Morgan fingerprint density at radius 2 is 1.80 bits per heavy atom. The number of ether oxygens (including phenoxy) is 1. The van der Waals surface area contributed by atoms with Crippen LogP contribution in [0.25, 0.3) is 11.7 Å². The van der Waals surface area contributed by atoms with Crippen LogP contribution in [0.4, 0.5) is 11.5 Å². The first-order chi connectivity index (χ1) is 19.4. The maximum absolute atomic E-state index is 13.9. The minimum Gasteiger partial charge on any atom is -0.497 e. The van der Waals surface area contributed by atoms with E-state index in [1.54, 1.807) is 42.2 Å². The Hall–Kier alpha value is -4.09. The normalized spacial score (nSPS) is 16.9. The van der Waals surface area contributed by atoms with Gasteiger partial charge in [0.1, 0.15) is 27.3 Å². The molecule has 0 N–H and O–H groups in total. The summed E-state index contributed by atoms with van der Waals surface area (Å²) in [6.45, 7) is 5.01. The van der Waals surface area contributed by atoms with Gasteiger partial charge in [-0.1, -0.05) is 30.0 Å². The number of anilines is 2. The van der Waals surface area contributed by atoms with Crippen molar-refractivity contribution in [3.63, 3.8) is 0 Å². The van der Waals surface area contributed by atoms with Gasteiger partial charge in [0.25, 0.3) is 11.5 Å². The molecular formula is C29H27N5O4S2. The van der Waals surface area contributed by atoms with Crippen LogP contribution < -0.4 is 20.1 Å². The molecule has 0 unspecified atom stereocenters. The molecule has 4 aromatic rings. The number of hydrogen-bond donors (Lipinski definition) is 0. The van der Waals surface area contributed by atoms with Gasteiger partial charge in [-0.25, -0.2) is 4.98 Å². The zero-order chi connectivity index (χ0) is 27.8. The van der Waals surface area contributed by atoms with Crippen LogP contribution in [0.2, 0.25) is 0 Å². The summed E-state index contributed by atoms with van der Waals surface area (Å²) in [7, 11) is 1.66. The highest BCUT2D eigenvalue weighted by molar-refractivity contribution is 8.26. The van der Waals surface area contributed by atoms with E-state index in [1.807, 2.05) is 43.3 Å². The number of hydrogen-bond acceptors (Lipinski definition) is 9. The fourth-order valence-electron chi connectivity index (χ4n) is 4.91. The number of furan rings is 1. The minimum atomic E-state index is -0.254. The molecule has 5 heterocycles. The number of aromatic nitrogens is 2. The first-order valence-corrected chi connectivity index (χ1v) is 14.1. The molecule has 0 spiro atoms. The Morgan fingerprint density at radius 1 is 1.05 bits per heavy atom. The molecule has 2 fully saturated rings. The standard InChI is InChI=1S/C29H27N5O4S2/c1-19-5-10-25-30-26(32-13-11-31(12-14-32)20-6-8-21(37-2)9-7-20)23(27(35)33(25)17-19)16-24-28(36)34(29(39)40-24)18-22-4-3-15-38-22/h3-10,15-17H,11-14,18H2,1-2H3/b24-16-. The topological polar surface area (TPSA) is 83.5 Å². The van der Waals surface area contributed by atoms with Crippen molar-refractivity contribution in [2.45, 2.75) is 13.5 Å². The van der Waals surface area contributed by atoms with Crippen LogP contribution in [0, 0.1) is 6.92 Å². The number of piperazine rings is 1. The Bertz CT molecular complexity index is 1670. The van der Waals surface area contributed by atoms with E-state index in [2.05, 4.69) is 9.80 Å². The van der Waals surface area contributed by atoms with Gasteiger partial charge in [0.2, 0.25) is 0 Å². The monoisotopic (exact) mass is 573 g/mol. The number of carbonyl (C=O) groups is 1. The molecule has 204 valence electrons. The second kappa shape index (κ2) is 10.8. The van der Waals surface area contributed by atoms with Crippen molar-refractivity contribution in [3.05, 3.63) is 93.1 Å². The minimum absolute atomic E-state index is 0.224. The van der Waals surface area contributed by atoms with Crippen LogP contribution in [-0.4, -0.2) is 57.8 Å². The van der Waals surface area contributed by atoms with Gasteiger partial charge >= 0.3 is 0 Å². The summed E-state index contributed by atoms with van der Waals surface area (Å²) in [5.74, 6) is 1.77. The second-order valence-electron chi connectivity index (χ2n) is 9.61. The Balaban J connectivity index is 1.33. The van der Waals surface area contributed by atoms with E-state index in [9.17, 15) is 9.59 Å². The highest BCUT2D eigenvalue weighted by Crippen LogP contribution is 2.35. The second-order valence-corrected chi connectivity index (χ2v) is 11.3. The molecule has 6 rings (SSSR count). The number of thiocarbonyl (C=S) groups is 1. The molecule has 1 aromatic carbocycles. The van der Waals surface area contributed by atoms with E-state index in [4.69, 9.17) is 26.4 Å². The van der Waals surface area contributed by atoms with Crippen molar-refractivity contribution in [3.8, 4) is 5.75 Å². The average Bonchev–Trinajstić information content (AvgIpc) is 3.59. The van der Waals surface area contributed by atoms with E-state index in [-0.39, 0.29) is 18.0 Å². The zero-order valence-corrected chi connectivity index (χ0v) is 23.7. The van der Waals surface area contributed by atoms with Crippen LogP contribution >= 0.6 is 24.0 Å². The predicted octanol–water partition coefficient (Wildman–Crippen LogP) is 4.33. The molecule has 3 aromatic heterocycles. The lowest BCUT2D eigenvalue weighted by atomic mass is 10.2. The van der Waals surface area contributed by atoms with Crippen molar-refractivity contribution < 1.29 is 13.9 Å². The Kier molecular flexibility index (Phi) is 7.07. The summed E-state index contributed by atoms with van der Waals surface area (Å²) in [5, 5.41) is 0. The predicted molar refractivity (Wildman–Crippen MR) is 161 cm³/mol. The fraction of sp³-hybridized carbons (Fsp3) is 0.241. The molecule has 2 aliphatic heterocycles. The number of benzene rings is 1.